The largest absolute Gasteiger partial charge is 0.339 e. The van der Waals surface area contributed by atoms with Crippen LogP contribution >= 0.6 is 11.8 Å². The number of rotatable bonds is 4. The number of hydrogen-bond donors (Lipinski definition) is 0. The van der Waals surface area contributed by atoms with Gasteiger partial charge in [0, 0.05) is 50.0 Å². The molecule has 6 nitrogen and oxygen atoms in total. The lowest BCUT2D eigenvalue weighted by atomic mass is 10.2. The van der Waals surface area contributed by atoms with E-state index in [1.54, 1.807) is 17.3 Å². The first-order chi connectivity index (χ1) is 13.2. The summed E-state index contributed by atoms with van der Waals surface area (Å²) in [7, 11) is 0. The molecule has 2 aromatic rings. The summed E-state index contributed by atoms with van der Waals surface area (Å²) in [6.45, 7) is 4.08. The molecule has 1 fully saturated rings. The molecule has 0 radical (unpaired) electrons. The molecule has 0 N–H and O–H groups in total. The summed E-state index contributed by atoms with van der Waals surface area (Å²) in [4.78, 5) is 36.1. The second-order valence-corrected chi connectivity index (χ2v) is 7.77. The van der Waals surface area contributed by atoms with E-state index in [4.69, 9.17) is 0 Å². The minimum Gasteiger partial charge on any atom is -0.339 e. The van der Waals surface area contributed by atoms with Crippen LogP contribution in [0.4, 0.5) is 5.69 Å². The van der Waals surface area contributed by atoms with E-state index in [2.05, 4.69) is 9.88 Å². The van der Waals surface area contributed by atoms with Crippen LogP contribution in [0.25, 0.3) is 0 Å². The Bertz CT molecular complexity index is 822. The molecule has 0 aliphatic carbocycles. The third-order valence-corrected chi connectivity index (χ3v) is 6.03. The zero-order valence-electron chi connectivity index (χ0n) is 15.1. The van der Waals surface area contributed by atoms with Crippen molar-refractivity contribution in [2.45, 2.75) is 11.4 Å². The predicted molar refractivity (Wildman–Crippen MR) is 106 cm³/mol. The van der Waals surface area contributed by atoms with Crippen molar-refractivity contribution >= 4 is 29.3 Å². The van der Waals surface area contributed by atoms with Gasteiger partial charge in [0.1, 0.15) is 6.54 Å². The first kappa shape index (κ1) is 18.0. The van der Waals surface area contributed by atoms with Crippen molar-refractivity contribution in [1.29, 1.82) is 0 Å². The smallest absolute Gasteiger partial charge is 0.242 e. The number of fused-ring (bicyclic) bond motifs is 1. The summed E-state index contributed by atoms with van der Waals surface area (Å²) < 4.78 is 0. The number of nitrogens with zero attached hydrogens (tertiary/aromatic N) is 4. The number of anilines is 1. The van der Waals surface area contributed by atoms with Crippen LogP contribution in [0.1, 0.15) is 5.56 Å². The van der Waals surface area contributed by atoms with Gasteiger partial charge in [-0.3, -0.25) is 19.5 Å². The van der Waals surface area contributed by atoms with Gasteiger partial charge in [0.2, 0.25) is 11.8 Å². The topological polar surface area (TPSA) is 56.8 Å². The van der Waals surface area contributed by atoms with E-state index in [0.717, 1.165) is 30.2 Å². The summed E-state index contributed by atoms with van der Waals surface area (Å²) in [5.41, 5.74) is 2.08. The van der Waals surface area contributed by atoms with E-state index in [0.29, 0.717) is 18.8 Å². The minimum absolute atomic E-state index is 0.00312. The second-order valence-electron chi connectivity index (χ2n) is 6.75. The van der Waals surface area contributed by atoms with Crippen LogP contribution in [0, 0.1) is 0 Å². The average molecular weight is 382 g/mol. The highest BCUT2D eigenvalue weighted by Gasteiger charge is 2.29. The molecule has 7 heteroatoms. The molecule has 0 spiro atoms. The van der Waals surface area contributed by atoms with Gasteiger partial charge in [-0.15, -0.1) is 11.8 Å². The van der Waals surface area contributed by atoms with Crippen LogP contribution < -0.4 is 4.90 Å². The summed E-state index contributed by atoms with van der Waals surface area (Å²) in [5.74, 6) is 0.418. The van der Waals surface area contributed by atoms with E-state index >= 15 is 0 Å². The molecule has 0 atom stereocenters. The Balaban J connectivity index is 1.34. The van der Waals surface area contributed by atoms with E-state index in [1.807, 2.05) is 41.3 Å². The number of carbonyl (C=O) groups excluding carboxylic acids is 2. The van der Waals surface area contributed by atoms with Crippen LogP contribution in [-0.2, 0) is 16.1 Å². The van der Waals surface area contributed by atoms with Gasteiger partial charge in [0.25, 0.3) is 0 Å². The molecular weight excluding hydrogens is 360 g/mol. The van der Waals surface area contributed by atoms with E-state index in [9.17, 15) is 9.59 Å². The molecule has 2 aliphatic rings. The standard InChI is InChI=1S/C20H22N4O2S/c25-19(14-24-17-3-1-2-4-18(17)27-15-20(24)26)23-11-9-22(10-12-23)13-16-5-7-21-8-6-16/h1-8H,9-15H2. The highest BCUT2D eigenvalue weighted by atomic mass is 32.2. The van der Waals surface area contributed by atoms with Gasteiger partial charge in [0.05, 0.1) is 11.4 Å². The number of amides is 2. The lowest BCUT2D eigenvalue weighted by Gasteiger charge is -2.36. The van der Waals surface area contributed by atoms with Crippen molar-refractivity contribution < 1.29 is 9.59 Å². The molecule has 4 rings (SSSR count). The van der Waals surface area contributed by atoms with Crippen LogP contribution in [0.2, 0.25) is 0 Å². The highest BCUT2D eigenvalue weighted by Crippen LogP contribution is 2.34. The predicted octanol–water partition coefficient (Wildman–Crippen LogP) is 1.86. The zero-order chi connectivity index (χ0) is 18.6. The maximum Gasteiger partial charge on any atom is 0.242 e. The monoisotopic (exact) mass is 382 g/mol. The first-order valence-electron chi connectivity index (χ1n) is 9.12. The summed E-state index contributed by atoms with van der Waals surface area (Å²) in [6, 6.07) is 11.8. The van der Waals surface area contributed by atoms with Gasteiger partial charge in [-0.2, -0.15) is 0 Å². The van der Waals surface area contributed by atoms with Crippen LogP contribution in [0.15, 0.2) is 53.7 Å². The molecule has 1 saturated heterocycles. The normalized spacial score (nSPS) is 17.7. The van der Waals surface area contributed by atoms with E-state index < -0.39 is 0 Å². The van der Waals surface area contributed by atoms with Crippen LogP contribution in [0.3, 0.4) is 0 Å². The van der Waals surface area contributed by atoms with Gasteiger partial charge >= 0.3 is 0 Å². The molecule has 27 heavy (non-hydrogen) atoms. The number of carbonyl (C=O) groups is 2. The van der Waals surface area contributed by atoms with Gasteiger partial charge in [-0.25, -0.2) is 0 Å². The molecule has 2 amide bonds. The van der Waals surface area contributed by atoms with Crippen molar-refractivity contribution in [3.63, 3.8) is 0 Å². The number of hydrogen-bond acceptors (Lipinski definition) is 5. The lowest BCUT2D eigenvalue weighted by molar-refractivity contribution is -0.132. The van der Waals surface area contributed by atoms with Crippen molar-refractivity contribution in [2.24, 2.45) is 0 Å². The molecule has 2 aliphatic heterocycles. The molecular formula is C20H22N4O2S. The average Bonchev–Trinajstić information content (AvgIpc) is 2.71. The fraction of sp³-hybridized carbons (Fsp3) is 0.350. The molecule has 0 saturated carbocycles. The summed E-state index contributed by atoms with van der Waals surface area (Å²) in [6.07, 6.45) is 3.61. The van der Waals surface area contributed by atoms with Gasteiger partial charge in [0.15, 0.2) is 0 Å². The molecule has 3 heterocycles. The number of benzene rings is 1. The van der Waals surface area contributed by atoms with E-state index in [-0.39, 0.29) is 18.4 Å². The maximum absolute atomic E-state index is 12.8. The van der Waals surface area contributed by atoms with Crippen molar-refractivity contribution in [3.05, 3.63) is 54.4 Å². The Labute approximate surface area is 163 Å². The van der Waals surface area contributed by atoms with E-state index in [1.165, 1.54) is 17.3 Å². The van der Waals surface area contributed by atoms with Gasteiger partial charge < -0.3 is 9.80 Å². The number of piperazine rings is 1. The van der Waals surface area contributed by atoms with Crippen molar-refractivity contribution in [2.75, 3.05) is 43.4 Å². The molecule has 1 aromatic heterocycles. The van der Waals surface area contributed by atoms with Crippen LogP contribution in [0.5, 0.6) is 0 Å². The lowest BCUT2D eigenvalue weighted by Crippen LogP contribution is -2.52. The van der Waals surface area contributed by atoms with Crippen LogP contribution in [-0.4, -0.2) is 65.1 Å². The minimum atomic E-state index is 0.00312. The van der Waals surface area contributed by atoms with Gasteiger partial charge in [-0.05, 0) is 29.8 Å². The fourth-order valence-corrected chi connectivity index (χ4v) is 4.40. The zero-order valence-corrected chi connectivity index (χ0v) is 15.9. The Morgan fingerprint density at radius 2 is 1.78 bits per heavy atom. The number of aromatic nitrogens is 1. The van der Waals surface area contributed by atoms with Gasteiger partial charge in [-0.1, -0.05) is 12.1 Å². The molecule has 0 bridgehead atoms. The summed E-state index contributed by atoms with van der Waals surface area (Å²) >= 11 is 1.54. The first-order valence-corrected chi connectivity index (χ1v) is 10.1. The molecule has 1 aromatic carbocycles. The Hall–Kier alpha value is -2.38. The second kappa shape index (κ2) is 8.10. The summed E-state index contributed by atoms with van der Waals surface area (Å²) in [5, 5.41) is 0. The number of thioether (sulfide) groups is 1. The molecule has 0 unspecified atom stereocenters. The van der Waals surface area contributed by atoms with Crippen molar-refractivity contribution in [1.82, 2.24) is 14.8 Å². The van der Waals surface area contributed by atoms with Crippen molar-refractivity contribution in [3.8, 4) is 0 Å². The Morgan fingerprint density at radius 3 is 2.56 bits per heavy atom. The third kappa shape index (κ3) is 4.14. The number of pyridine rings is 1. The quantitative estimate of drug-likeness (QED) is 0.808. The SMILES string of the molecule is O=C(CN1C(=O)CSc2ccccc21)N1CCN(Cc2ccncc2)CC1. The Kier molecular flexibility index (Phi) is 5.40. The fourth-order valence-electron chi connectivity index (χ4n) is 3.46. The molecule has 140 valence electrons. The highest BCUT2D eigenvalue weighted by molar-refractivity contribution is 8.00. The Morgan fingerprint density at radius 1 is 1.04 bits per heavy atom. The maximum atomic E-state index is 12.8. The third-order valence-electron chi connectivity index (χ3n) is 4.98. The number of para-hydroxylation sites is 1.